The molecule has 0 aliphatic carbocycles. The van der Waals surface area contributed by atoms with E-state index in [0.29, 0.717) is 5.92 Å². The van der Waals surface area contributed by atoms with Gasteiger partial charge in [0.15, 0.2) is 5.78 Å². The summed E-state index contributed by atoms with van der Waals surface area (Å²) in [5, 5.41) is 10.9. The van der Waals surface area contributed by atoms with E-state index in [0.717, 1.165) is 38.3 Å². The summed E-state index contributed by atoms with van der Waals surface area (Å²) >= 11 is 0. The third kappa shape index (κ3) is 3.78. The molecule has 1 fully saturated rings. The van der Waals surface area contributed by atoms with Crippen LogP contribution < -0.4 is 4.90 Å². The molecule has 0 radical (unpaired) electrons. The lowest BCUT2D eigenvalue weighted by Gasteiger charge is -2.28. The van der Waals surface area contributed by atoms with Crippen LogP contribution in [0.2, 0.25) is 0 Å². The van der Waals surface area contributed by atoms with Crippen LogP contribution in [-0.2, 0) is 4.74 Å². The van der Waals surface area contributed by atoms with Gasteiger partial charge in [0.05, 0.1) is 17.1 Å². The third-order valence-corrected chi connectivity index (χ3v) is 3.78. The van der Waals surface area contributed by atoms with Gasteiger partial charge in [0.1, 0.15) is 0 Å². The van der Waals surface area contributed by atoms with Crippen molar-refractivity contribution < 1.29 is 14.5 Å². The molecule has 1 aliphatic rings. The Morgan fingerprint density at radius 3 is 2.86 bits per heavy atom. The van der Waals surface area contributed by atoms with Crippen LogP contribution in [0.3, 0.4) is 0 Å². The first kappa shape index (κ1) is 15.4. The lowest BCUT2D eigenvalue weighted by atomic mass is 10.0. The van der Waals surface area contributed by atoms with E-state index in [1.165, 1.54) is 13.0 Å². The van der Waals surface area contributed by atoms with E-state index in [4.69, 9.17) is 4.74 Å². The molecule has 1 saturated heterocycles. The number of carbonyl (C=O) groups is 1. The van der Waals surface area contributed by atoms with Crippen LogP contribution in [0.5, 0.6) is 0 Å². The van der Waals surface area contributed by atoms with Crippen molar-refractivity contribution in [1.29, 1.82) is 0 Å². The number of anilines is 1. The number of ketones is 1. The van der Waals surface area contributed by atoms with E-state index >= 15 is 0 Å². The smallest absolute Gasteiger partial charge is 0.280 e. The Balaban J connectivity index is 2.17. The lowest BCUT2D eigenvalue weighted by molar-refractivity contribution is -0.385. The highest BCUT2D eigenvalue weighted by Crippen LogP contribution is 2.26. The number of nitro groups is 1. The zero-order valence-electron chi connectivity index (χ0n) is 12.4. The van der Waals surface area contributed by atoms with Gasteiger partial charge in [-0.15, -0.1) is 0 Å². The minimum atomic E-state index is -0.518. The standard InChI is InChI=1S/C15H20N2O4/c1-11(18)14-8-13(5-6-15(14)17(19)20)16(2)9-12-4-3-7-21-10-12/h5-6,8,12H,3-4,7,9-10H2,1-2H3. The Hall–Kier alpha value is -1.95. The minimum Gasteiger partial charge on any atom is -0.381 e. The van der Waals surface area contributed by atoms with Crippen LogP contribution in [-0.4, -0.2) is 37.5 Å². The van der Waals surface area contributed by atoms with Crippen molar-refractivity contribution in [2.24, 2.45) is 5.92 Å². The Morgan fingerprint density at radius 2 is 2.29 bits per heavy atom. The summed E-state index contributed by atoms with van der Waals surface area (Å²) in [6.45, 7) is 3.74. The van der Waals surface area contributed by atoms with E-state index in [1.807, 2.05) is 11.9 Å². The van der Waals surface area contributed by atoms with Gasteiger partial charge in [0.25, 0.3) is 5.69 Å². The second kappa shape index (κ2) is 6.67. The first-order valence-electron chi connectivity index (χ1n) is 7.07. The third-order valence-electron chi connectivity index (χ3n) is 3.78. The van der Waals surface area contributed by atoms with Crippen LogP contribution in [0, 0.1) is 16.0 Å². The molecule has 0 saturated carbocycles. The Morgan fingerprint density at radius 1 is 1.52 bits per heavy atom. The van der Waals surface area contributed by atoms with Crippen molar-refractivity contribution in [3.63, 3.8) is 0 Å². The first-order valence-corrected chi connectivity index (χ1v) is 7.07. The molecule has 0 aromatic heterocycles. The zero-order valence-corrected chi connectivity index (χ0v) is 12.4. The van der Waals surface area contributed by atoms with Crippen molar-refractivity contribution in [3.8, 4) is 0 Å². The van der Waals surface area contributed by atoms with Gasteiger partial charge in [-0.25, -0.2) is 0 Å². The van der Waals surface area contributed by atoms with Gasteiger partial charge in [-0.1, -0.05) is 0 Å². The number of ether oxygens (including phenoxy) is 1. The number of benzene rings is 1. The molecule has 1 heterocycles. The lowest BCUT2D eigenvalue weighted by Crippen LogP contribution is -2.30. The second-order valence-electron chi connectivity index (χ2n) is 5.48. The molecule has 1 atom stereocenters. The largest absolute Gasteiger partial charge is 0.381 e. The number of hydrogen-bond acceptors (Lipinski definition) is 5. The molecule has 1 aliphatic heterocycles. The SMILES string of the molecule is CC(=O)c1cc(N(C)CC2CCCOC2)ccc1[N+](=O)[O-]. The molecule has 0 amide bonds. The van der Waals surface area contributed by atoms with Crippen molar-refractivity contribution in [1.82, 2.24) is 0 Å². The van der Waals surface area contributed by atoms with Crippen LogP contribution >= 0.6 is 0 Å². The molecule has 1 aromatic rings. The molecule has 1 unspecified atom stereocenters. The first-order chi connectivity index (χ1) is 9.99. The van der Waals surface area contributed by atoms with Crippen molar-refractivity contribution in [2.75, 3.05) is 31.7 Å². The summed E-state index contributed by atoms with van der Waals surface area (Å²) in [6.07, 6.45) is 2.19. The fourth-order valence-corrected chi connectivity index (χ4v) is 2.65. The number of nitrogens with zero attached hydrogens (tertiary/aromatic N) is 2. The fourth-order valence-electron chi connectivity index (χ4n) is 2.65. The van der Waals surface area contributed by atoms with Gasteiger partial charge in [0.2, 0.25) is 0 Å². The molecule has 2 rings (SSSR count). The number of hydrogen-bond donors (Lipinski definition) is 0. The predicted octanol–water partition coefficient (Wildman–Crippen LogP) is 2.66. The molecular formula is C15H20N2O4. The summed E-state index contributed by atoms with van der Waals surface area (Å²) in [4.78, 5) is 24.0. The van der Waals surface area contributed by atoms with Crippen molar-refractivity contribution >= 4 is 17.2 Å². The maximum absolute atomic E-state index is 11.6. The topological polar surface area (TPSA) is 72.7 Å². The van der Waals surface area contributed by atoms with E-state index in [9.17, 15) is 14.9 Å². The van der Waals surface area contributed by atoms with Crippen LogP contribution in [0.1, 0.15) is 30.1 Å². The zero-order chi connectivity index (χ0) is 15.4. The number of rotatable bonds is 5. The fraction of sp³-hybridized carbons (Fsp3) is 0.533. The number of nitro benzene ring substituents is 1. The summed E-state index contributed by atoms with van der Waals surface area (Å²) in [7, 11) is 1.93. The van der Waals surface area contributed by atoms with Crippen LogP contribution in [0.25, 0.3) is 0 Å². The van der Waals surface area contributed by atoms with Gasteiger partial charge >= 0.3 is 0 Å². The average Bonchev–Trinajstić information content (AvgIpc) is 2.47. The van der Waals surface area contributed by atoms with Gasteiger partial charge < -0.3 is 9.64 Å². The van der Waals surface area contributed by atoms with Crippen LogP contribution in [0.4, 0.5) is 11.4 Å². The quantitative estimate of drug-likeness (QED) is 0.474. The van der Waals surface area contributed by atoms with Gasteiger partial charge in [-0.3, -0.25) is 14.9 Å². The monoisotopic (exact) mass is 292 g/mol. The van der Waals surface area contributed by atoms with E-state index in [-0.39, 0.29) is 17.0 Å². The molecule has 21 heavy (non-hydrogen) atoms. The number of carbonyl (C=O) groups excluding carboxylic acids is 1. The van der Waals surface area contributed by atoms with E-state index in [1.54, 1.807) is 12.1 Å². The van der Waals surface area contributed by atoms with Gasteiger partial charge in [0, 0.05) is 32.0 Å². The molecule has 0 spiro atoms. The van der Waals surface area contributed by atoms with E-state index in [2.05, 4.69) is 0 Å². The molecule has 1 aromatic carbocycles. The van der Waals surface area contributed by atoms with E-state index < -0.39 is 4.92 Å². The molecular weight excluding hydrogens is 272 g/mol. The molecule has 0 N–H and O–H groups in total. The maximum Gasteiger partial charge on any atom is 0.280 e. The van der Waals surface area contributed by atoms with Crippen molar-refractivity contribution in [3.05, 3.63) is 33.9 Å². The highest BCUT2D eigenvalue weighted by Gasteiger charge is 2.20. The van der Waals surface area contributed by atoms with Gasteiger partial charge in [-0.2, -0.15) is 0 Å². The van der Waals surface area contributed by atoms with Gasteiger partial charge in [-0.05, 0) is 37.8 Å². The predicted molar refractivity (Wildman–Crippen MR) is 79.9 cm³/mol. The summed E-state index contributed by atoms with van der Waals surface area (Å²) < 4.78 is 5.46. The highest BCUT2D eigenvalue weighted by atomic mass is 16.6. The summed E-state index contributed by atoms with van der Waals surface area (Å²) in [5.74, 6) is 0.165. The maximum atomic E-state index is 11.6. The van der Waals surface area contributed by atoms with Crippen LogP contribution in [0.15, 0.2) is 18.2 Å². The number of Topliss-reactive ketones (excluding diaryl/α,β-unsaturated/α-hetero) is 1. The summed E-state index contributed by atoms with van der Waals surface area (Å²) in [5.41, 5.74) is 0.835. The highest BCUT2D eigenvalue weighted by molar-refractivity contribution is 5.99. The molecule has 0 bridgehead atoms. The molecule has 6 heteroatoms. The Kier molecular flexibility index (Phi) is 4.90. The normalized spacial score (nSPS) is 18.3. The Bertz CT molecular complexity index is 538. The second-order valence-corrected chi connectivity index (χ2v) is 5.48. The molecule has 114 valence electrons. The molecule has 6 nitrogen and oxygen atoms in total. The average molecular weight is 292 g/mol. The summed E-state index contributed by atoms with van der Waals surface area (Å²) in [6, 6.07) is 4.69. The Labute approximate surface area is 123 Å². The van der Waals surface area contributed by atoms with Crippen molar-refractivity contribution in [2.45, 2.75) is 19.8 Å². The minimum absolute atomic E-state index is 0.138.